The second kappa shape index (κ2) is 3.43. The van der Waals surface area contributed by atoms with E-state index in [1.807, 2.05) is 0 Å². The molecular formula is C8H9F3N2O. The van der Waals surface area contributed by atoms with E-state index in [0.717, 1.165) is 0 Å². The van der Waals surface area contributed by atoms with Crippen molar-refractivity contribution < 1.29 is 18.0 Å². The van der Waals surface area contributed by atoms with Gasteiger partial charge in [-0.25, -0.2) is 0 Å². The van der Waals surface area contributed by atoms with Gasteiger partial charge in [0.15, 0.2) is 5.78 Å². The fourth-order valence-corrected chi connectivity index (χ4v) is 1.12. The largest absolute Gasteiger partial charge is 0.408 e. The first-order valence-electron chi connectivity index (χ1n) is 3.92. The molecule has 0 aliphatic carbocycles. The number of carbonyl (C=O) groups excluding carboxylic acids is 1. The summed E-state index contributed by atoms with van der Waals surface area (Å²) < 4.78 is 36.7. The molecule has 0 bridgehead atoms. The Balaban J connectivity index is 3.02. The van der Waals surface area contributed by atoms with E-state index < -0.39 is 18.5 Å². The molecule has 1 aromatic heterocycles. The van der Waals surface area contributed by atoms with E-state index in [1.54, 1.807) is 6.92 Å². The summed E-state index contributed by atoms with van der Waals surface area (Å²) >= 11 is 0. The van der Waals surface area contributed by atoms with Gasteiger partial charge >= 0.3 is 6.18 Å². The van der Waals surface area contributed by atoms with Gasteiger partial charge in [0.1, 0.15) is 12.2 Å². The van der Waals surface area contributed by atoms with Crippen LogP contribution >= 0.6 is 0 Å². The summed E-state index contributed by atoms with van der Waals surface area (Å²) in [5.74, 6) is -0.421. The van der Waals surface area contributed by atoms with E-state index in [1.165, 1.54) is 13.0 Å². The number of hydrogen-bond acceptors (Lipinski definition) is 2. The number of aryl methyl sites for hydroxylation is 1. The van der Waals surface area contributed by atoms with Crippen molar-refractivity contribution in [1.29, 1.82) is 0 Å². The Morgan fingerprint density at radius 3 is 2.57 bits per heavy atom. The van der Waals surface area contributed by atoms with E-state index in [2.05, 4.69) is 5.10 Å². The molecule has 78 valence electrons. The molecule has 0 N–H and O–H groups in total. The summed E-state index contributed by atoms with van der Waals surface area (Å²) in [7, 11) is 0. The highest BCUT2D eigenvalue weighted by Gasteiger charge is 2.30. The summed E-state index contributed by atoms with van der Waals surface area (Å²) in [6.45, 7) is 1.53. The molecule has 1 aromatic rings. The molecule has 0 atom stereocenters. The van der Waals surface area contributed by atoms with Crippen LogP contribution in [0, 0.1) is 6.92 Å². The highest BCUT2D eigenvalue weighted by molar-refractivity contribution is 5.92. The van der Waals surface area contributed by atoms with E-state index in [4.69, 9.17) is 0 Å². The van der Waals surface area contributed by atoms with Crippen molar-refractivity contribution in [2.24, 2.45) is 0 Å². The number of carbonyl (C=O) groups is 1. The fraction of sp³-hybridized carbons (Fsp3) is 0.500. The predicted octanol–water partition coefficient (Wildman–Crippen LogP) is 1.96. The maximum atomic E-state index is 12.0. The van der Waals surface area contributed by atoms with Crippen LogP contribution in [0.2, 0.25) is 0 Å². The predicted molar refractivity (Wildman–Crippen MR) is 43.0 cm³/mol. The van der Waals surface area contributed by atoms with Gasteiger partial charge in [-0.15, -0.1) is 0 Å². The number of alkyl halides is 3. The zero-order chi connectivity index (χ0) is 10.9. The normalized spacial score (nSPS) is 11.8. The zero-order valence-corrected chi connectivity index (χ0v) is 7.72. The lowest BCUT2D eigenvalue weighted by molar-refractivity contribution is -0.142. The minimum absolute atomic E-state index is 0.0141. The highest BCUT2D eigenvalue weighted by Crippen LogP contribution is 2.18. The monoisotopic (exact) mass is 206 g/mol. The lowest BCUT2D eigenvalue weighted by Crippen LogP contribution is -2.21. The van der Waals surface area contributed by atoms with Crippen molar-refractivity contribution in [3.8, 4) is 0 Å². The molecule has 6 heteroatoms. The van der Waals surface area contributed by atoms with Crippen molar-refractivity contribution in [2.75, 3.05) is 0 Å². The van der Waals surface area contributed by atoms with Crippen LogP contribution in [-0.2, 0) is 6.54 Å². The van der Waals surface area contributed by atoms with E-state index in [-0.39, 0.29) is 5.69 Å². The van der Waals surface area contributed by atoms with Crippen LogP contribution in [0.3, 0.4) is 0 Å². The minimum Gasteiger partial charge on any atom is -0.293 e. The molecule has 1 rings (SSSR count). The van der Waals surface area contributed by atoms with Gasteiger partial charge in [-0.3, -0.25) is 9.48 Å². The summed E-state index contributed by atoms with van der Waals surface area (Å²) in [4.78, 5) is 10.9. The molecule has 0 unspecified atom stereocenters. The van der Waals surface area contributed by atoms with Crippen molar-refractivity contribution in [2.45, 2.75) is 26.6 Å². The number of hydrogen-bond donors (Lipinski definition) is 0. The molecule has 0 aromatic carbocycles. The lowest BCUT2D eigenvalue weighted by Gasteiger charge is -2.08. The average Bonchev–Trinajstić information content (AvgIpc) is 2.27. The van der Waals surface area contributed by atoms with Gasteiger partial charge in [-0.05, 0) is 13.0 Å². The zero-order valence-electron chi connectivity index (χ0n) is 7.72. The molecular weight excluding hydrogens is 197 g/mol. The quantitative estimate of drug-likeness (QED) is 0.693. The third-order valence-corrected chi connectivity index (χ3v) is 1.59. The van der Waals surface area contributed by atoms with E-state index >= 15 is 0 Å². The topological polar surface area (TPSA) is 34.9 Å². The summed E-state index contributed by atoms with van der Waals surface area (Å²) in [5.41, 5.74) is 0.388. The number of nitrogens with zero attached hydrogens (tertiary/aromatic N) is 2. The van der Waals surface area contributed by atoms with Gasteiger partial charge < -0.3 is 0 Å². The Hall–Kier alpha value is -1.33. The molecule has 0 radical (unpaired) electrons. The summed E-state index contributed by atoms with van der Waals surface area (Å²) in [5, 5.41) is 3.59. The third kappa shape index (κ3) is 2.58. The first kappa shape index (κ1) is 10.7. The molecule has 0 saturated heterocycles. The maximum Gasteiger partial charge on any atom is 0.408 e. The molecule has 0 spiro atoms. The second-order valence-corrected chi connectivity index (χ2v) is 3.00. The van der Waals surface area contributed by atoms with Gasteiger partial charge in [0.25, 0.3) is 0 Å². The first-order valence-corrected chi connectivity index (χ1v) is 3.92. The highest BCUT2D eigenvalue weighted by atomic mass is 19.4. The molecule has 0 amide bonds. The number of Topliss-reactive ketones (excluding diaryl/α,β-unsaturated/α-hetero) is 1. The van der Waals surface area contributed by atoms with Gasteiger partial charge in [0.2, 0.25) is 0 Å². The standard InChI is InChI=1S/C8H9F3N2O/c1-5-3-7(6(2)14)13(12-5)4-8(9,10)11/h3H,4H2,1-2H3. The average molecular weight is 206 g/mol. The minimum atomic E-state index is -4.36. The maximum absolute atomic E-state index is 12.0. The summed E-state index contributed by atoms with van der Waals surface area (Å²) in [6.07, 6.45) is -4.36. The van der Waals surface area contributed by atoms with Crippen molar-refractivity contribution >= 4 is 5.78 Å². The Morgan fingerprint density at radius 2 is 2.14 bits per heavy atom. The van der Waals surface area contributed by atoms with Gasteiger partial charge in [-0.1, -0.05) is 0 Å². The number of rotatable bonds is 2. The van der Waals surface area contributed by atoms with Crippen LogP contribution < -0.4 is 0 Å². The van der Waals surface area contributed by atoms with Crippen LogP contribution in [0.1, 0.15) is 23.1 Å². The molecule has 14 heavy (non-hydrogen) atoms. The van der Waals surface area contributed by atoms with Gasteiger partial charge in [0.05, 0.1) is 5.69 Å². The molecule has 1 heterocycles. The Bertz CT molecular complexity index is 354. The van der Waals surface area contributed by atoms with Crippen LogP contribution in [0.5, 0.6) is 0 Å². The lowest BCUT2D eigenvalue weighted by atomic mass is 10.3. The van der Waals surface area contributed by atoms with E-state index in [9.17, 15) is 18.0 Å². The van der Waals surface area contributed by atoms with Crippen molar-refractivity contribution in [3.05, 3.63) is 17.5 Å². The third-order valence-electron chi connectivity index (χ3n) is 1.59. The summed E-state index contributed by atoms with van der Waals surface area (Å²) in [6, 6.07) is 1.34. The molecule has 0 fully saturated rings. The van der Waals surface area contributed by atoms with Crippen LogP contribution in [0.15, 0.2) is 6.07 Å². The Morgan fingerprint density at radius 1 is 1.57 bits per heavy atom. The molecule has 0 aliphatic heterocycles. The van der Waals surface area contributed by atoms with Crippen molar-refractivity contribution in [1.82, 2.24) is 9.78 Å². The molecule has 3 nitrogen and oxygen atoms in total. The number of ketones is 1. The van der Waals surface area contributed by atoms with Gasteiger partial charge in [-0.2, -0.15) is 18.3 Å². The van der Waals surface area contributed by atoms with Crippen LogP contribution in [-0.4, -0.2) is 21.7 Å². The Labute approximate surface area is 78.5 Å². The van der Waals surface area contributed by atoms with Gasteiger partial charge in [0, 0.05) is 6.92 Å². The molecule has 0 saturated carbocycles. The van der Waals surface area contributed by atoms with Crippen LogP contribution in [0.4, 0.5) is 13.2 Å². The first-order chi connectivity index (χ1) is 6.29. The SMILES string of the molecule is CC(=O)c1cc(C)nn1CC(F)(F)F. The second-order valence-electron chi connectivity index (χ2n) is 3.00. The fourth-order valence-electron chi connectivity index (χ4n) is 1.12. The van der Waals surface area contributed by atoms with Crippen molar-refractivity contribution in [3.63, 3.8) is 0 Å². The Kier molecular flexibility index (Phi) is 2.64. The number of halogens is 3. The number of aromatic nitrogens is 2. The smallest absolute Gasteiger partial charge is 0.293 e. The van der Waals surface area contributed by atoms with Crippen LogP contribution in [0.25, 0.3) is 0 Å². The molecule has 0 aliphatic rings. The van der Waals surface area contributed by atoms with E-state index in [0.29, 0.717) is 10.4 Å².